The van der Waals surface area contributed by atoms with Crippen molar-refractivity contribution in [1.82, 2.24) is 15.6 Å². The van der Waals surface area contributed by atoms with E-state index in [1.165, 1.54) is 12.1 Å². The first-order chi connectivity index (χ1) is 13.6. The first-order valence-corrected chi connectivity index (χ1v) is 9.41. The Morgan fingerprint density at radius 3 is 2.83 bits per heavy atom. The van der Waals surface area contributed by atoms with Gasteiger partial charge in [-0.05, 0) is 55.7 Å². The van der Waals surface area contributed by atoms with Crippen LogP contribution < -0.4 is 15.5 Å². The lowest BCUT2D eigenvalue weighted by atomic mass is 10.1. The van der Waals surface area contributed by atoms with E-state index in [4.69, 9.17) is 0 Å². The van der Waals surface area contributed by atoms with Crippen molar-refractivity contribution < 1.29 is 13.2 Å². The SMILES string of the molecule is CCNC(=NCCc1cc(F)ccc1F)NC1CCN(c2ncccc2F)C1.I. The van der Waals surface area contributed by atoms with E-state index in [-0.39, 0.29) is 35.8 Å². The molecule has 0 amide bonds. The number of hydrogen-bond acceptors (Lipinski definition) is 3. The maximum atomic E-state index is 13.9. The molecule has 0 radical (unpaired) electrons. The Labute approximate surface area is 185 Å². The molecule has 29 heavy (non-hydrogen) atoms. The van der Waals surface area contributed by atoms with Crippen LogP contribution in [-0.2, 0) is 6.42 Å². The van der Waals surface area contributed by atoms with Gasteiger partial charge in [0.2, 0.25) is 0 Å². The fourth-order valence-electron chi connectivity index (χ4n) is 3.22. The molecule has 5 nitrogen and oxygen atoms in total. The van der Waals surface area contributed by atoms with Crippen LogP contribution in [0.2, 0.25) is 0 Å². The average molecular weight is 519 g/mol. The summed E-state index contributed by atoms with van der Waals surface area (Å²) in [5.74, 6) is -0.264. The Hall–Kier alpha value is -2.04. The van der Waals surface area contributed by atoms with E-state index in [1.807, 2.05) is 11.8 Å². The third kappa shape index (κ3) is 6.48. The molecule has 1 aromatic carbocycles. The number of rotatable bonds is 6. The number of hydrogen-bond donors (Lipinski definition) is 2. The Bertz CT molecular complexity index is 834. The lowest BCUT2D eigenvalue weighted by Gasteiger charge is -2.20. The standard InChI is InChI=1S/C20H24F3N5.HI/c1-2-24-20(26-10-7-14-12-15(21)5-6-17(14)22)27-16-8-11-28(13-16)19-18(23)4-3-9-25-19;/h3-6,9,12,16H,2,7-8,10-11,13H2,1H3,(H2,24,26,27);1H. The number of benzene rings is 1. The summed E-state index contributed by atoms with van der Waals surface area (Å²) in [6.45, 7) is 4.25. The molecule has 0 aliphatic carbocycles. The number of aromatic nitrogens is 1. The van der Waals surface area contributed by atoms with Crippen molar-refractivity contribution in [2.45, 2.75) is 25.8 Å². The van der Waals surface area contributed by atoms with Gasteiger partial charge in [-0.25, -0.2) is 18.2 Å². The second kappa shape index (κ2) is 11.2. The summed E-state index contributed by atoms with van der Waals surface area (Å²) in [5, 5.41) is 6.48. The molecule has 2 heterocycles. The summed E-state index contributed by atoms with van der Waals surface area (Å²) in [4.78, 5) is 10.5. The summed E-state index contributed by atoms with van der Waals surface area (Å²) in [7, 11) is 0. The van der Waals surface area contributed by atoms with Crippen LogP contribution in [0, 0.1) is 17.5 Å². The topological polar surface area (TPSA) is 52.6 Å². The van der Waals surface area contributed by atoms with Crippen LogP contribution in [0.5, 0.6) is 0 Å². The lowest BCUT2D eigenvalue weighted by molar-refractivity contribution is 0.584. The highest BCUT2D eigenvalue weighted by Crippen LogP contribution is 2.20. The Balaban J connectivity index is 0.00000300. The van der Waals surface area contributed by atoms with Gasteiger partial charge in [-0.1, -0.05) is 0 Å². The molecular formula is C20H25F3IN5. The molecule has 2 N–H and O–H groups in total. The van der Waals surface area contributed by atoms with E-state index in [9.17, 15) is 13.2 Å². The molecular weight excluding hydrogens is 494 g/mol. The molecule has 3 rings (SSSR count). The van der Waals surface area contributed by atoms with E-state index in [0.29, 0.717) is 49.9 Å². The zero-order chi connectivity index (χ0) is 19.9. The van der Waals surface area contributed by atoms with Gasteiger partial charge in [-0.15, -0.1) is 24.0 Å². The molecule has 1 aliphatic rings. The van der Waals surface area contributed by atoms with Crippen LogP contribution in [0.15, 0.2) is 41.5 Å². The number of nitrogens with one attached hydrogen (secondary N) is 2. The highest BCUT2D eigenvalue weighted by atomic mass is 127. The van der Waals surface area contributed by atoms with Gasteiger partial charge in [-0.3, -0.25) is 4.99 Å². The summed E-state index contributed by atoms with van der Waals surface area (Å²) >= 11 is 0. The molecule has 0 spiro atoms. The first-order valence-electron chi connectivity index (χ1n) is 9.41. The summed E-state index contributed by atoms with van der Waals surface area (Å²) in [6, 6.07) is 6.49. The summed E-state index contributed by atoms with van der Waals surface area (Å²) in [5.41, 5.74) is 0.303. The number of nitrogens with zero attached hydrogens (tertiary/aromatic N) is 3. The van der Waals surface area contributed by atoms with Crippen LogP contribution in [-0.4, -0.2) is 43.2 Å². The van der Waals surface area contributed by atoms with Gasteiger partial charge in [0, 0.05) is 38.4 Å². The molecule has 0 bridgehead atoms. The van der Waals surface area contributed by atoms with Crippen molar-refractivity contribution in [3.8, 4) is 0 Å². The van der Waals surface area contributed by atoms with Gasteiger partial charge < -0.3 is 15.5 Å². The average Bonchev–Trinajstić information content (AvgIpc) is 3.13. The van der Waals surface area contributed by atoms with Crippen molar-refractivity contribution in [3.63, 3.8) is 0 Å². The molecule has 1 fully saturated rings. The van der Waals surface area contributed by atoms with Crippen molar-refractivity contribution in [1.29, 1.82) is 0 Å². The molecule has 158 valence electrons. The zero-order valence-electron chi connectivity index (χ0n) is 16.2. The van der Waals surface area contributed by atoms with Crippen molar-refractivity contribution in [2.75, 3.05) is 31.1 Å². The summed E-state index contributed by atoms with van der Waals surface area (Å²) in [6.07, 6.45) is 2.70. The van der Waals surface area contributed by atoms with Crippen molar-refractivity contribution in [2.24, 2.45) is 4.99 Å². The highest BCUT2D eigenvalue weighted by molar-refractivity contribution is 14.0. The van der Waals surface area contributed by atoms with Gasteiger partial charge in [0.1, 0.15) is 11.6 Å². The van der Waals surface area contributed by atoms with Crippen LogP contribution in [0.1, 0.15) is 18.9 Å². The lowest BCUT2D eigenvalue weighted by Crippen LogP contribution is -2.44. The summed E-state index contributed by atoms with van der Waals surface area (Å²) < 4.78 is 40.9. The minimum atomic E-state index is -0.460. The normalized spacial score (nSPS) is 16.5. The fourth-order valence-corrected chi connectivity index (χ4v) is 3.22. The molecule has 0 saturated carbocycles. The van der Waals surface area contributed by atoms with E-state index in [1.54, 1.807) is 12.3 Å². The van der Waals surface area contributed by atoms with Crippen LogP contribution >= 0.6 is 24.0 Å². The van der Waals surface area contributed by atoms with E-state index < -0.39 is 11.6 Å². The molecule has 9 heteroatoms. The third-order valence-corrected chi connectivity index (χ3v) is 4.57. The van der Waals surface area contributed by atoms with E-state index in [2.05, 4.69) is 20.6 Å². The smallest absolute Gasteiger partial charge is 0.191 e. The maximum absolute atomic E-state index is 13.9. The van der Waals surface area contributed by atoms with Gasteiger partial charge in [0.15, 0.2) is 17.6 Å². The second-order valence-electron chi connectivity index (χ2n) is 6.63. The second-order valence-corrected chi connectivity index (χ2v) is 6.63. The largest absolute Gasteiger partial charge is 0.357 e. The third-order valence-electron chi connectivity index (χ3n) is 4.57. The number of anilines is 1. The van der Waals surface area contributed by atoms with Crippen LogP contribution in [0.4, 0.5) is 19.0 Å². The molecule has 1 aliphatic heterocycles. The van der Waals surface area contributed by atoms with Gasteiger partial charge >= 0.3 is 0 Å². The predicted octanol–water partition coefficient (Wildman–Crippen LogP) is 3.49. The molecule has 1 unspecified atom stereocenters. The Morgan fingerprint density at radius 2 is 2.07 bits per heavy atom. The number of aliphatic imine (C=N–C) groups is 1. The van der Waals surface area contributed by atoms with Crippen molar-refractivity contribution >= 4 is 35.8 Å². The van der Waals surface area contributed by atoms with Crippen LogP contribution in [0.3, 0.4) is 0 Å². The zero-order valence-corrected chi connectivity index (χ0v) is 18.5. The van der Waals surface area contributed by atoms with E-state index in [0.717, 1.165) is 18.6 Å². The number of pyridine rings is 1. The predicted molar refractivity (Wildman–Crippen MR) is 119 cm³/mol. The Kier molecular flexibility index (Phi) is 8.99. The first kappa shape index (κ1) is 23.2. The molecule has 1 aromatic heterocycles. The van der Waals surface area contributed by atoms with Crippen LogP contribution in [0.25, 0.3) is 0 Å². The van der Waals surface area contributed by atoms with Gasteiger partial charge in [-0.2, -0.15) is 0 Å². The molecule has 1 atom stereocenters. The van der Waals surface area contributed by atoms with Crippen molar-refractivity contribution in [3.05, 3.63) is 59.5 Å². The molecule has 2 aromatic rings. The van der Waals surface area contributed by atoms with Gasteiger partial charge in [0.25, 0.3) is 0 Å². The minimum absolute atomic E-state index is 0. The molecule has 1 saturated heterocycles. The maximum Gasteiger partial charge on any atom is 0.191 e. The minimum Gasteiger partial charge on any atom is -0.357 e. The fraction of sp³-hybridized carbons (Fsp3) is 0.400. The van der Waals surface area contributed by atoms with Gasteiger partial charge in [0.05, 0.1) is 0 Å². The Morgan fingerprint density at radius 1 is 1.24 bits per heavy atom. The number of halogens is 4. The highest BCUT2D eigenvalue weighted by Gasteiger charge is 2.25. The number of guanidine groups is 1. The van der Waals surface area contributed by atoms with E-state index >= 15 is 0 Å². The monoisotopic (exact) mass is 519 g/mol. The quantitative estimate of drug-likeness (QED) is 0.349.